The van der Waals surface area contributed by atoms with E-state index >= 15 is 0 Å². The minimum Gasteiger partial charge on any atom is -0.352 e. The molecule has 0 saturated heterocycles. The molecule has 1 N–H and O–H groups in total. The van der Waals surface area contributed by atoms with Crippen LogP contribution in [0.25, 0.3) is 16.6 Å². The van der Waals surface area contributed by atoms with Crippen molar-refractivity contribution in [3.63, 3.8) is 0 Å². The summed E-state index contributed by atoms with van der Waals surface area (Å²) in [4.78, 5) is 30.4. The molecule has 4 rings (SSSR count). The topological polar surface area (TPSA) is 64.0 Å². The Bertz CT molecular complexity index is 1210. The molecular weight excluding hydrogens is 432 g/mol. The third-order valence-electron chi connectivity index (χ3n) is 6.28. The van der Waals surface area contributed by atoms with E-state index in [0.29, 0.717) is 22.7 Å². The SMILES string of the molecule is C[C@@H]1[C@H](C)CCC[C@@H]1NC(=O)CSc1nc2ccccc2c(=O)n1-c1ccc(F)cc1F. The second-order valence-corrected chi connectivity index (χ2v) is 9.32. The number of carbonyl (C=O) groups is 1. The van der Waals surface area contributed by atoms with E-state index in [4.69, 9.17) is 0 Å². The Labute approximate surface area is 189 Å². The third-order valence-corrected chi connectivity index (χ3v) is 7.22. The van der Waals surface area contributed by atoms with Crippen molar-refractivity contribution in [1.82, 2.24) is 14.9 Å². The molecule has 2 aromatic carbocycles. The summed E-state index contributed by atoms with van der Waals surface area (Å²) >= 11 is 1.06. The van der Waals surface area contributed by atoms with Crippen LogP contribution in [0, 0.1) is 23.5 Å². The van der Waals surface area contributed by atoms with Crippen molar-refractivity contribution in [2.45, 2.75) is 44.3 Å². The number of carbonyl (C=O) groups excluding carboxylic acids is 1. The summed E-state index contributed by atoms with van der Waals surface area (Å²) in [6.07, 6.45) is 3.19. The molecule has 1 saturated carbocycles. The Morgan fingerprint density at radius 1 is 1.19 bits per heavy atom. The van der Waals surface area contributed by atoms with E-state index in [1.54, 1.807) is 24.3 Å². The van der Waals surface area contributed by atoms with E-state index in [1.165, 1.54) is 12.5 Å². The van der Waals surface area contributed by atoms with Gasteiger partial charge >= 0.3 is 0 Å². The number of fused-ring (bicyclic) bond motifs is 1. The van der Waals surface area contributed by atoms with E-state index in [2.05, 4.69) is 24.1 Å². The van der Waals surface area contributed by atoms with Crippen molar-refractivity contribution in [2.24, 2.45) is 11.8 Å². The number of nitrogens with one attached hydrogen (secondary N) is 1. The zero-order valence-electron chi connectivity index (χ0n) is 18.0. The summed E-state index contributed by atoms with van der Waals surface area (Å²) in [5.41, 5.74) is -0.125. The van der Waals surface area contributed by atoms with Crippen LogP contribution < -0.4 is 10.9 Å². The molecule has 1 aliphatic rings. The van der Waals surface area contributed by atoms with Gasteiger partial charge in [0.1, 0.15) is 11.6 Å². The standard InChI is InChI=1S/C24H25F2N3O2S/c1-14-6-5-9-19(15(14)2)27-22(30)13-32-24-28-20-8-4-3-7-17(20)23(31)29(24)21-11-10-16(25)12-18(21)26/h3-4,7-8,10-12,14-15,19H,5-6,9,13H2,1-2H3,(H,27,30)/t14-,15-,19+/m1/s1. The Morgan fingerprint density at radius 2 is 1.97 bits per heavy atom. The molecular formula is C24H25F2N3O2S. The first kappa shape index (κ1) is 22.5. The first-order chi connectivity index (χ1) is 15.3. The minimum absolute atomic E-state index is 0.0329. The fourth-order valence-electron chi connectivity index (χ4n) is 4.25. The van der Waals surface area contributed by atoms with Crippen LogP contribution in [0.3, 0.4) is 0 Å². The molecule has 168 valence electrons. The number of para-hydroxylation sites is 1. The van der Waals surface area contributed by atoms with Gasteiger partial charge in [-0.05, 0) is 42.5 Å². The predicted molar refractivity (Wildman–Crippen MR) is 122 cm³/mol. The fourth-order valence-corrected chi connectivity index (χ4v) is 5.07. The van der Waals surface area contributed by atoms with Crippen molar-refractivity contribution in [2.75, 3.05) is 5.75 Å². The molecule has 0 aliphatic heterocycles. The molecule has 0 unspecified atom stereocenters. The molecule has 32 heavy (non-hydrogen) atoms. The highest BCUT2D eigenvalue weighted by molar-refractivity contribution is 7.99. The molecule has 1 amide bonds. The zero-order chi connectivity index (χ0) is 22.8. The number of benzene rings is 2. The summed E-state index contributed by atoms with van der Waals surface area (Å²) in [5.74, 6) is -0.795. The van der Waals surface area contributed by atoms with Crippen LogP contribution in [0.2, 0.25) is 0 Å². The highest BCUT2D eigenvalue weighted by Gasteiger charge is 2.28. The lowest BCUT2D eigenvalue weighted by molar-refractivity contribution is -0.120. The summed E-state index contributed by atoms with van der Waals surface area (Å²) in [5, 5.41) is 3.60. The van der Waals surface area contributed by atoms with Gasteiger partial charge < -0.3 is 5.32 Å². The van der Waals surface area contributed by atoms with E-state index in [1.807, 2.05) is 0 Å². The molecule has 3 aromatic rings. The maximum atomic E-state index is 14.6. The quantitative estimate of drug-likeness (QED) is 0.446. The van der Waals surface area contributed by atoms with Crippen molar-refractivity contribution in [1.29, 1.82) is 0 Å². The van der Waals surface area contributed by atoms with Crippen LogP contribution in [0.5, 0.6) is 0 Å². The highest BCUT2D eigenvalue weighted by Crippen LogP contribution is 2.30. The molecule has 0 bridgehead atoms. The van der Waals surface area contributed by atoms with Gasteiger partial charge in [0.25, 0.3) is 5.56 Å². The number of halogens is 2. The number of nitrogens with zero attached hydrogens (tertiary/aromatic N) is 2. The summed E-state index contributed by atoms with van der Waals surface area (Å²) in [7, 11) is 0. The largest absolute Gasteiger partial charge is 0.352 e. The smallest absolute Gasteiger partial charge is 0.266 e. The highest BCUT2D eigenvalue weighted by atomic mass is 32.2. The van der Waals surface area contributed by atoms with Gasteiger partial charge in [-0.2, -0.15) is 0 Å². The van der Waals surface area contributed by atoms with Crippen molar-refractivity contribution >= 4 is 28.6 Å². The molecule has 1 heterocycles. The molecule has 5 nitrogen and oxygen atoms in total. The maximum Gasteiger partial charge on any atom is 0.266 e. The van der Waals surface area contributed by atoms with Crippen molar-refractivity contribution in [3.05, 3.63) is 64.5 Å². The number of rotatable bonds is 5. The van der Waals surface area contributed by atoms with Crippen LogP contribution in [0.15, 0.2) is 52.4 Å². The van der Waals surface area contributed by atoms with E-state index in [9.17, 15) is 18.4 Å². The van der Waals surface area contributed by atoms with Crippen LogP contribution in [-0.2, 0) is 4.79 Å². The Balaban J connectivity index is 1.64. The minimum atomic E-state index is -0.875. The average Bonchev–Trinajstić information content (AvgIpc) is 2.76. The number of hydrogen-bond donors (Lipinski definition) is 1. The fraction of sp³-hybridized carbons (Fsp3) is 0.375. The summed E-state index contributed by atoms with van der Waals surface area (Å²) in [6.45, 7) is 4.36. The van der Waals surface area contributed by atoms with E-state index in [0.717, 1.165) is 41.3 Å². The predicted octanol–water partition coefficient (Wildman–Crippen LogP) is 4.70. The van der Waals surface area contributed by atoms with Crippen LogP contribution in [0.4, 0.5) is 8.78 Å². The Kier molecular flexibility index (Phi) is 6.60. The molecule has 1 fully saturated rings. The lowest BCUT2D eigenvalue weighted by Gasteiger charge is -2.34. The second-order valence-electron chi connectivity index (χ2n) is 8.38. The first-order valence-corrected chi connectivity index (χ1v) is 11.7. The lowest BCUT2D eigenvalue weighted by atomic mass is 9.78. The third kappa shape index (κ3) is 4.55. The molecule has 8 heteroatoms. The van der Waals surface area contributed by atoms with Crippen LogP contribution in [-0.4, -0.2) is 27.3 Å². The molecule has 0 spiro atoms. The number of thioether (sulfide) groups is 1. The van der Waals surface area contributed by atoms with E-state index < -0.39 is 17.2 Å². The van der Waals surface area contributed by atoms with Gasteiger partial charge in [0.15, 0.2) is 5.16 Å². The average molecular weight is 458 g/mol. The molecule has 0 radical (unpaired) electrons. The summed E-state index contributed by atoms with van der Waals surface area (Å²) < 4.78 is 29.1. The molecule has 1 aromatic heterocycles. The number of hydrogen-bond acceptors (Lipinski definition) is 4. The Hall–Kier alpha value is -2.74. The number of aromatic nitrogens is 2. The van der Waals surface area contributed by atoms with Gasteiger partial charge in [-0.15, -0.1) is 0 Å². The number of amides is 1. The summed E-state index contributed by atoms with van der Waals surface area (Å²) in [6, 6.07) is 9.89. The second kappa shape index (κ2) is 9.40. The zero-order valence-corrected chi connectivity index (χ0v) is 18.8. The molecule has 1 aliphatic carbocycles. The van der Waals surface area contributed by atoms with Gasteiger partial charge in [0.2, 0.25) is 5.91 Å². The van der Waals surface area contributed by atoms with Crippen molar-refractivity contribution in [3.8, 4) is 5.69 Å². The monoisotopic (exact) mass is 457 g/mol. The van der Waals surface area contributed by atoms with Gasteiger partial charge in [0.05, 0.1) is 22.3 Å². The van der Waals surface area contributed by atoms with Gasteiger partial charge in [-0.1, -0.05) is 50.6 Å². The Morgan fingerprint density at radius 3 is 2.75 bits per heavy atom. The van der Waals surface area contributed by atoms with Crippen LogP contribution >= 0.6 is 11.8 Å². The van der Waals surface area contributed by atoms with Gasteiger partial charge in [-0.25, -0.2) is 13.8 Å². The lowest BCUT2D eigenvalue weighted by Crippen LogP contribution is -2.44. The van der Waals surface area contributed by atoms with Crippen LogP contribution in [0.1, 0.15) is 33.1 Å². The van der Waals surface area contributed by atoms with Crippen molar-refractivity contribution < 1.29 is 13.6 Å². The van der Waals surface area contributed by atoms with Gasteiger partial charge in [-0.3, -0.25) is 14.2 Å². The van der Waals surface area contributed by atoms with E-state index in [-0.39, 0.29) is 28.5 Å². The normalized spacial score (nSPS) is 20.9. The molecule has 3 atom stereocenters. The van der Waals surface area contributed by atoms with Gasteiger partial charge in [0, 0.05) is 12.1 Å². The first-order valence-electron chi connectivity index (χ1n) is 10.7. The maximum absolute atomic E-state index is 14.6.